The second-order valence-electron chi connectivity index (χ2n) is 5.04. The summed E-state index contributed by atoms with van der Waals surface area (Å²) in [6, 6.07) is 6.79. The van der Waals surface area contributed by atoms with Crippen molar-refractivity contribution in [1.29, 1.82) is 0 Å². The highest BCUT2D eigenvalue weighted by molar-refractivity contribution is 7.99. The van der Waals surface area contributed by atoms with Gasteiger partial charge >= 0.3 is 11.9 Å². The SMILES string of the molecule is CC(C)(C)OC(=O)CSCc1ccccc1C(=O)O. The van der Waals surface area contributed by atoms with Gasteiger partial charge in [0, 0.05) is 5.75 Å². The first-order valence-electron chi connectivity index (χ1n) is 5.90. The lowest BCUT2D eigenvalue weighted by atomic mass is 10.1. The predicted molar refractivity (Wildman–Crippen MR) is 75.4 cm³/mol. The number of ether oxygens (including phenoxy) is 1. The molecule has 5 heteroatoms. The monoisotopic (exact) mass is 282 g/mol. The van der Waals surface area contributed by atoms with Gasteiger partial charge in [-0.25, -0.2) is 4.79 Å². The summed E-state index contributed by atoms with van der Waals surface area (Å²) in [4.78, 5) is 22.5. The molecule has 0 aliphatic rings. The van der Waals surface area contributed by atoms with Gasteiger partial charge in [-0.2, -0.15) is 0 Å². The fraction of sp³-hybridized carbons (Fsp3) is 0.429. The maximum Gasteiger partial charge on any atom is 0.335 e. The van der Waals surface area contributed by atoms with Crippen LogP contribution in [0.1, 0.15) is 36.7 Å². The van der Waals surface area contributed by atoms with E-state index in [1.54, 1.807) is 24.3 Å². The lowest BCUT2D eigenvalue weighted by Gasteiger charge is -2.19. The Morgan fingerprint density at radius 2 is 1.89 bits per heavy atom. The zero-order chi connectivity index (χ0) is 14.5. The third-order valence-electron chi connectivity index (χ3n) is 2.15. The average Bonchev–Trinajstić information content (AvgIpc) is 2.27. The molecule has 0 amide bonds. The van der Waals surface area contributed by atoms with Crippen molar-refractivity contribution in [2.75, 3.05) is 5.75 Å². The first-order chi connectivity index (χ1) is 8.79. The molecule has 0 bridgehead atoms. The molecule has 0 atom stereocenters. The average molecular weight is 282 g/mol. The summed E-state index contributed by atoms with van der Waals surface area (Å²) in [5.74, 6) is -0.550. The maximum absolute atomic E-state index is 11.5. The molecule has 19 heavy (non-hydrogen) atoms. The molecule has 1 aromatic rings. The summed E-state index contributed by atoms with van der Waals surface area (Å²) in [7, 11) is 0. The minimum absolute atomic E-state index is 0.214. The van der Waals surface area contributed by atoms with Crippen LogP contribution in [-0.4, -0.2) is 28.4 Å². The van der Waals surface area contributed by atoms with E-state index in [2.05, 4.69) is 0 Å². The van der Waals surface area contributed by atoms with Gasteiger partial charge in [-0.3, -0.25) is 4.79 Å². The van der Waals surface area contributed by atoms with Gasteiger partial charge in [0.15, 0.2) is 0 Å². The van der Waals surface area contributed by atoms with Crippen LogP contribution in [0.5, 0.6) is 0 Å². The standard InChI is InChI=1S/C14H18O4S/c1-14(2,3)18-12(15)9-19-8-10-6-4-5-7-11(10)13(16)17/h4-7H,8-9H2,1-3H3,(H,16,17). The number of hydrogen-bond donors (Lipinski definition) is 1. The van der Waals surface area contributed by atoms with Crippen molar-refractivity contribution < 1.29 is 19.4 Å². The first kappa shape index (κ1) is 15.6. The molecule has 0 radical (unpaired) electrons. The highest BCUT2D eigenvalue weighted by Crippen LogP contribution is 2.18. The summed E-state index contributed by atoms with van der Waals surface area (Å²) in [6.07, 6.45) is 0. The van der Waals surface area contributed by atoms with E-state index in [1.807, 2.05) is 20.8 Å². The van der Waals surface area contributed by atoms with Gasteiger partial charge < -0.3 is 9.84 Å². The summed E-state index contributed by atoms with van der Waals surface area (Å²) in [6.45, 7) is 5.44. The Balaban J connectivity index is 2.50. The molecule has 0 saturated heterocycles. The molecule has 0 saturated carbocycles. The minimum Gasteiger partial charge on any atom is -0.478 e. The quantitative estimate of drug-likeness (QED) is 0.841. The number of hydrogen-bond acceptors (Lipinski definition) is 4. The van der Waals surface area contributed by atoms with Crippen molar-refractivity contribution in [1.82, 2.24) is 0 Å². The Bertz CT molecular complexity index is 463. The van der Waals surface area contributed by atoms with Gasteiger partial charge in [-0.1, -0.05) is 18.2 Å². The van der Waals surface area contributed by atoms with E-state index in [1.165, 1.54) is 11.8 Å². The van der Waals surface area contributed by atoms with Crippen LogP contribution in [-0.2, 0) is 15.3 Å². The third-order valence-corrected chi connectivity index (χ3v) is 3.10. The highest BCUT2D eigenvalue weighted by Gasteiger charge is 2.16. The normalized spacial score (nSPS) is 11.1. The van der Waals surface area contributed by atoms with Gasteiger partial charge in [0.1, 0.15) is 5.60 Å². The zero-order valence-electron chi connectivity index (χ0n) is 11.3. The topological polar surface area (TPSA) is 63.6 Å². The Labute approximate surface area is 117 Å². The molecule has 0 spiro atoms. The van der Waals surface area contributed by atoms with Crippen LogP contribution in [0.25, 0.3) is 0 Å². The van der Waals surface area contributed by atoms with E-state index in [-0.39, 0.29) is 17.3 Å². The molecule has 0 heterocycles. The van der Waals surface area contributed by atoms with Gasteiger partial charge in [0.05, 0.1) is 11.3 Å². The Morgan fingerprint density at radius 3 is 2.47 bits per heavy atom. The molecule has 4 nitrogen and oxygen atoms in total. The largest absolute Gasteiger partial charge is 0.478 e. The molecule has 0 unspecified atom stereocenters. The van der Waals surface area contributed by atoms with Gasteiger partial charge in [0.2, 0.25) is 0 Å². The van der Waals surface area contributed by atoms with Gasteiger partial charge in [0.25, 0.3) is 0 Å². The van der Waals surface area contributed by atoms with Crippen LogP contribution < -0.4 is 0 Å². The number of carbonyl (C=O) groups is 2. The number of carbonyl (C=O) groups excluding carboxylic acids is 1. The second-order valence-corrected chi connectivity index (χ2v) is 6.03. The minimum atomic E-state index is -0.950. The number of esters is 1. The molecule has 0 fully saturated rings. The lowest BCUT2D eigenvalue weighted by molar-refractivity contribution is -0.151. The van der Waals surface area contributed by atoms with Crippen molar-refractivity contribution in [3.05, 3.63) is 35.4 Å². The van der Waals surface area contributed by atoms with E-state index in [0.29, 0.717) is 11.3 Å². The Morgan fingerprint density at radius 1 is 1.26 bits per heavy atom. The van der Waals surface area contributed by atoms with Crippen molar-refractivity contribution in [2.45, 2.75) is 32.1 Å². The van der Waals surface area contributed by atoms with Gasteiger partial charge in [-0.15, -0.1) is 11.8 Å². The van der Waals surface area contributed by atoms with Crippen molar-refractivity contribution in [3.63, 3.8) is 0 Å². The molecular formula is C14H18O4S. The molecule has 1 rings (SSSR count). The number of benzene rings is 1. The number of aromatic carboxylic acids is 1. The first-order valence-corrected chi connectivity index (χ1v) is 7.06. The summed E-state index contributed by atoms with van der Waals surface area (Å²) < 4.78 is 5.18. The highest BCUT2D eigenvalue weighted by atomic mass is 32.2. The molecule has 0 aromatic heterocycles. The molecular weight excluding hydrogens is 264 g/mol. The van der Waals surface area contributed by atoms with Crippen LogP contribution in [0.15, 0.2) is 24.3 Å². The maximum atomic E-state index is 11.5. The van der Waals surface area contributed by atoms with E-state index in [0.717, 1.165) is 0 Å². The fourth-order valence-electron chi connectivity index (χ4n) is 1.47. The second kappa shape index (κ2) is 6.61. The van der Waals surface area contributed by atoms with Crippen LogP contribution in [0.2, 0.25) is 0 Å². The smallest absolute Gasteiger partial charge is 0.335 e. The van der Waals surface area contributed by atoms with E-state index >= 15 is 0 Å². The van der Waals surface area contributed by atoms with Crippen LogP contribution in [0.4, 0.5) is 0 Å². The van der Waals surface area contributed by atoms with Crippen molar-refractivity contribution >= 4 is 23.7 Å². The summed E-state index contributed by atoms with van der Waals surface area (Å²) >= 11 is 1.35. The van der Waals surface area contributed by atoms with Crippen molar-refractivity contribution in [2.24, 2.45) is 0 Å². The summed E-state index contributed by atoms with van der Waals surface area (Å²) in [5.41, 5.74) is 0.499. The molecule has 1 aromatic carbocycles. The van der Waals surface area contributed by atoms with Gasteiger partial charge in [-0.05, 0) is 32.4 Å². The fourth-order valence-corrected chi connectivity index (χ4v) is 2.27. The third kappa shape index (κ3) is 5.79. The van der Waals surface area contributed by atoms with E-state index in [9.17, 15) is 9.59 Å². The molecule has 0 aliphatic carbocycles. The number of carboxylic acids is 1. The molecule has 0 aliphatic heterocycles. The van der Waals surface area contributed by atoms with E-state index in [4.69, 9.17) is 9.84 Å². The lowest BCUT2D eigenvalue weighted by Crippen LogP contribution is -2.25. The molecule has 104 valence electrons. The van der Waals surface area contributed by atoms with Crippen LogP contribution in [0.3, 0.4) is 0 Å². The Kier molecular flexibility index (Phi) is 5.42. The number of thioether (sulfide) groups is 1. The summed E-state index contributed by atoms with van der Waals surface area (Å²) in [5, 5.41) is 9.03. The predicted octanol–water partition coefficient (Wildman–Crippen LogP) is 2.96. The molecule has 1 N–H and O–H groups in total. The zero-order valence-corrected chi connectivity index (χ0v) is 12.1. The van der Waals surface area contributed by atoms with Crippen LogP contribution in [0, 0.1) is 0 Å². The number of carboxylic acid groups (broad SMARTS) is 1. The van der Waals surface area contributed by atoms with E-state index < -0.39 is 11.6 Å². The van der Waals surface area contributed by atoms with Crippen molar-refractivity contribution in [3.8, 4) is 0 Å². The number of rotatable bonds is 5. The Hall–Kier alpha value is -1.49. The van der Waals surface area contributed by atoms with Crippen LogP contribution >= 0.6 is 11.8 Å².